The molecule has 6 N–H and O–H groups in total. The van der Waals surface area contributed by atoms with Gasteiger partial charge in [0.2, 0.25) is 5.96 Å². The van der Waals surface area contributed by atoms with Gasteiger partial charge in [0.15, 0.2) is 5.96 Å². The van der Waals surface area contributed by atoms with Gasteiger partial charge in [0.1, 0.15) is 0 Å². The van der Waals surface area contributed by atoms with Crippen molar-refractivity contribution in [1.82, 2.24) is 0 Å². The number of hydrogen-bond donors (Lipinski definition) is 3. The lowest BCUT2D eigenvalue weighted by Crippen LogP contribution is -2.26. The molecule has 0 saturated heterocycles. The van der Waals surface area contributed by atoms with E-state index < -0.39 is 0 Å². The first-order valence-corrected chi connectivity index (χ1v) is 4.06. The molecule has 0 aliphatic carbocycles. The van der Waals surface area contributed by atoms with Crippen molar-refractivity contribution in [2.24, 2.45) is 27.2 Å². The third kappa shape index (κ3) is 11.5. The number of aliphatic imine (C=N–C) groups is 2. The van der Waals surface area contributed by atoms with Gasteiger partial charge < -0.3 is 17.2 Å². The summed E-state index contributed by atoms with van der Waals surface area (Å²) >= 11 is 0. The predicted octanol–water partition coefficient (Wildman–Crippen LogP) is 0.0107. The standard InChI is InChI=1S/C5H13N5.C2H6/c1-2-3-9-5(8)10-4(6)7;1-2/h2-3H2,1H3,(H6,6,7,8,9,10);1-2H3. The van der Waals surface area contributed by atoms with E-state index in [2.05, 4.69) is 9.98 Å². The molecule has 12 heavy (non-hydrogen) atoms. The summed E-state index contributed by atoms with van der Waals surface area (Å²) in [6, 6.07) is 0. The van der Waals surface area contributed by atoms with E-state index in [1.807, 2.05) is 20.8 Å². The summed E-state index contributed by atoms with van der Waals surface area (Å²) in [6.45, 7) is 6.65. The molecule has 0 aromatic rings. The molecule has 0 radical (unpaired) electrons. The molecule has 0 aromatic carbocycles. The molecule has 0 unspecified atom stereocenters. The normalized spacial score (nSPS) is 9.75. The number of guanidine groups is 2. The lowest BCUT2D eigenvalue weighted by molar-refractivity contribution is 0.927. The van der Waals surface area contributed by atoms with Gasteiger partial charge in [-0.15, -0.1) is 0 Å². The Bertz CT molecular complexity index is 146. The van der Waals surface area contributed by atoms with Crippen molar-refractivity contribution in [2.75, 3.05) is 6.54 Å². The van der Waals surface area contributed by atoms with Crippen molar-refractivity contribution >= 4 is 11.9 Å². The molecule has 0 aliphatic heterocycles. The maximum Gasteiger partial charge on any atom is 0.218 e. The van der Waals surface area contributed by atoms with E-state index in [9.17, 15) is 0 Å². The summed E-state index contributed by atoms with van der Waals surface area (Å²) < 4.78 is 0. The van der Waals surface area contributed by atoms with Gasteiger partial charge in [-0.05, 0) is 6.42 Å². The van der Waals surface area contributed by atoms with E-state index in [0.29, 0.717) is 6.54 Å². The van der Waals surface area contributed by atoms with Gasteiger partial charge >= 0.3 is 0 Å². The Labute approximate surface area is 73.7 Å². The van der Waals surface area contributed by atoms with Gasteiger partial charge in [0.25, 0.3) is 0 Å². The molecular weight excluding hydrogens is 154 g/mol. The van der Waals surface area contributed by atoms with Crippen molar-refractivity contribution in [3.63, 3.8) is 0 Å². The largest absolute Gasteiger partial charge is 0.370 e. The Hall–Kier alpha value is -1.26. The fraction of sp³-hybridized carbons (Fsp3) is 0.714. The lowest BCUT2D eigenvalue weighted by atomic mass is 10.5. The van der Waals surface area contributed by atoms with Crippen LogP contribution in [-0.2, 0) is 0 Å². The topological polar surface area (TPSA) is 103 Å². The van der Waals surface area contributed by atoms with Gasteiger partial charge in [-0.2, -0.15) is 4.99 Å². The summed E-state index contributed by atoms with van der Waals surface area (Å²) in [5.74, 6) is 0.0826. The van der Waals surface area contributed by atoms with Crippen LogP contribution in [0, 0.1) is 0 Å². The highest BCUT2D eigenvalue weighted by atomic mass is 15.1. The zero-order valence-electron chi connectivity index (χ0n) is 8.04. The third-order valence-corrected chi connectivity index (χ3v) is 0.741. The van der Waals surface area contributed by atoms with Crippen molar-refractivity contribution in [3.05, 3.63) is 0 Å². The van der Waals surface area contributed by atoms with Crippen LogP contribution in [0.4, 0.5) is 0 Å². The van der Waals surface area contributed by atoms with E-state index in [1.165, 1.54) is 0 Å². The molecule has 0 spiro atoms. The summed E-state index contributed by atoms with van der Waals surface area (Å²) in [6.07, 6.45) is 0.931. The minimum absolute atomic E-state index is 0.0580. The third-order valence-electron chi connectivity index (χ3n) is 0.741. The predicted molar refractivity (Wildman–Crippen MR) is 53.9 cm³/mol. The van der Waals surface area contributed by atoms with Crippen molar-refractivity contribution in [3.8, 4) is 0 Å². The highest BCUT2D eigenvalue weighted by molar-refractivity contribution is 5.92. The Morgan fingerprint density at radius 3 is 2.00 bits per heavy atom. The van der Waals surface area contributed by atoms with Crippen LogP contribution in [-0.4, -0.2) is 18.5 Å². The monoisotopic (exact) mass is 173 g/mol. The molecule has 5 nitrogen and oxygen atoms in total. The second-order valence-electron chi connectivity index (χ2n) is 1.78. The Kier molecular flexibility index (Phi) is 10.8. The van der Waals surface area contributed by atoms with Crippen molar-refractivity contribution in [1.29, 1.82) is 0 Å². The molecule has 0 fully saturated rings. The van der Waals surface area contributed by atoms with Gasteiger partial charge in [-0.3, -0.25) is 4.99 Å². The number of hydrogen-bond acceptors (Lipinski definition) is 1. The maximum atomic E-state index is 5.26. The Morgan fingerprint density at radius 1 is 1.17 bits per heavy atom. The minimum Gasteiger partial charge on any atom is -0.370 e. The van der Waals surface area contributed by atoms with Gasteiger partial charge in [-0.1, -0.05) is 20.8 Å². The number of nitrogens with two attached hydrogens (primary N) is 3. The van der Waals surface area contributed by atoms with Crippen LogP contribution in [0.2, 0.25) is 0 Å². The molecule has 0 aliphatic rings. The molecule has 0 rings (SSSR count). The van der Waals surface area contributed by atoms with Crippen LogP contribution >= 0.6 is 0 Å². The van der Waals surface area contributed by atoms with Crippen LogP contribution in [0.3, 0.4) is 0 Å². The SMILES string of the molecule is CC.CCCN=C(N)N=C(N)N. The molecule has 0 bridgehead atoms. The quantitative estimate of drug-likeness (QED) is 0.405. The highest BCUT2D eigenvalue weighted by Crippen LogP contribution is 1.78. The molecule has 5 heteroatoms. The van der Waals surface area contributed by atoms with Crippen molar-refractivity contribution < 1.29 is 0 Å². The molecule has 0 aromatic heterocycles. The second kappa shape index (κ2) is 9.74. The van der Waals surface area contributed by atoms with Crippen LogP contribution < -0.4 is 17.2 Å². The summed E-state index contributed by atoms with van der Waals surface area (Å²) in [5.41, 5.74) is 15.3. The van der Waals surface area contributed by atoms with Crippen LogP contribution in [0.25, 0.3) is 0 Å². The summed E-state index contributed by atoms with van der Waals surface area (Å²) in [7, 11) is 0. The average Bonchev–Trinajstić information content (AvgIpc) is 2.03. The molecule has 72 valence electrons. The zero-order chi connectivity index (χ0) is 9.98. The molecule has 0 atom stereocenters. The smallest absolute Gasteiger partial charge is 0.218 e. The summed E-state index contributed by atoms with van der Waals surface area (Å²) in [5, 5.41) is 0. The minimum atomic E-state index is -0.0580. The molecule has 0 saturated carbocycles. The first-order valence-electron chi connectivity index (χ1n) is 4.06. The fourth-order valence-corrected chi connectivity index (χ4v) is 0.394. The summed E-state index contributed by atoms with van der Waals surface area (Å²) in [4.78, 5) is 7.34. The van der Waals surface area contributed by atoms with Crippen LogP contribution in [0.1, 0.15) is 27.2 Å². The number of nitrogens with zero attached hydrogens (tertiary/aromatic N) is 2. The van der Waals surface area contributed by atoms with Crippen LogP contribution in [0.15, 0.2) is 9.98 Å². The zero-order valence-corrected chi connectivity index (χ0v) is 8.04. The van der Waals surface area contributed by atoms with E-state index in [-0.39, 0.29) is 11.9 Å². The lowest BCUT2D eigenvalue weighted by Gasteiger charge is -1.91. The van der Waals surface area contributed by atoms with E-state index >= 15 is 0 Å². The van der Waals surface area contributed by atoms with Gasteiger partial charge in [-0.25, -0.2) is 0 Å². The average molecular weight is 173 g/mol. The number of rotatable bonds is 2. The van der Waals surface area contributed by atoms with Crippen molar-refractivity contribution in [2.45, 2.75) is 27.2 Å². The Morgan fingerprint density at radius 2 is 1.67 bits per heavy atom. The van der Waals surface area contributed by atoms with Crippen LogP contribution in [0.5, 0.6) is 0 Å². The molecule has 0 heterocycles. The first-order chi connectivity index (χ1) is 5.66. The Balaban J connectivity index is 0. The highest BCUT2D eigenvalue weighted by Gasteiger charge is 1.85. The maximum absolute atomic E-state index is 5.26. The fourth-order valence-electron chi connectivity index (χ4n) is 0.394. The first kappa shape index (κ1) is 13.3. The van der Waals surface area contributed by atoms with E-state index in [0.717, 1.165) is 6.42 Å². The molecular formula is C7H19N5. The van der Waals surface area contributed by atoms with E-state index in [1.54, 1.807) is 0 Å². The van der Waals surface area contributed by atoms with Gasteiger partial charge in [0, 0.05) is 6.54 Å². The van der Waals surface area contributed by atoms with E-state index in [4.69, 9.17) is 17.2 Å². The van der Waals surface area contributed by atoms with Gasteiger partial charge in [0.05, 0.1) is 0 Å². The molecule has 0 amide bonds. The second-order valence-corrected chi connectivity index (χ2v) is 1.78.